The molecule has 1 aromatic heterocycles. The van der Waals surface area contributed by atoms with E-state index >= 15 is 0 Å². The van der Waals surface area contributed by atoms with Gasteiger partial charge in [0.25, 0.3) is 0 Å². The van der Waals surface area contributed by atoms with Crippen molar-refractivity contribution < 1.29 is 9.18 Å². The number of nitrogens with one attached hydrogen (secondary N) is 1. The maximum Gasteiger partial charge on any atom is 0.220 e. The highest BCUT2D eigenvalue weighted by Crippen LogP contribution is 2.25. The van der Waals surface area contributed by atoms with Crippen molar-refractivity contribution in [2.45, 2.75) is 17.7 Å². The van der Waals surface area contributed by atoms with Crippen molar-refractivity contribution in [2.75, 3.05) is 12.3 Å². The summed E-state index contributed by atoms with van der Waals surface area (Å²) in [7, 11) is 0. The molecule has 0 radical (unpaired) electrons. The molecular formula is C19H18FNOS2. The van der Waals surface area contributed by atoms with Crippen LogP contribution >= 0.6 is 23.1 Å². The van der Waals surface area contributed by atoms with E-state index in [9.17, 15) is 9.18 Å². The third kappa shape index (κ3) is 4.58. The normalized spacial score (nSPS) is 10.9. The van der Waals surface area contributed by atoms with Crippen molar-refractivity contribution in [1.29, 1.82) is 0 Å². The van der Waals surface area contributed by atoms with Gasteiger partial charge in [-0.1, -0.05) is 18.2 Å². The predicted molar refractivity (Wildman–Crippen MR) is 100 cm³/mol. The van der Waals surface area contributed by atoms with Gasteiger partial charge in [-0.25, -0.2) is 4.39 Å². The average Bonchev–Trinajstić information content (AvgIpc) is 3.00. The van der Waals surface area contributed by atoms with Crippen LogP contribution in [-0.4, -0.2) is 18.2 Å². The first-order chi connectivity index (χ1) is 11.7. The van der Waals surface area contributed by atoms with Gasteiger partial charge < -0.3 is 5.32 Å². The highest BCUT2D eigenvalue weighted by atomic mass is 32.2. The van der Waals surface area contributed by atoms with Crippen LogP contribution < -0.4 is 5.32 Å². The van der Waals surface area contributed by atoms with Crippen LogP contribution in [0.4, 0.5) is 4.39 Å². The van der Waals surface area contributed by atoms with Crippen LogP contribution in [0.1, 0.15) is 12.0 Å². The molecule has 124 valence electrons. The molecule has 1 amide bonds. The molecule has 1 N–H and O–H groups in total. The molecular weight excluding hydrogens is 341 g/mol. The molecule has 0 spiro atoms. The second kappa shape index (κ2) is 8.31. The molecule has 0 bridgehead atoms. The fourth-order valence-electron chi connectivity index (χ4n) is 2.44. The first-order valence-corrected chi connectivity index (χ1v) is 9.69. The number of fused-ring (bicyclic) bond motifs is 1. The van der Waals surface area contributed by atoms with E-state index in [1.54, 1.807) is 35.2 Å². The van der Waals surface area contributed by atoms with Gasteiger partial charge >= 0.3 is 0 Å². The molecule has 0 aliphatic heterocycles. The molecule has 0 saturated heterocycles. The topological polar surface area (TPSA) is 29.1 Å². The summed E-state index contributed by atoms with van der Waals surface area (Å²) in [4.78, 5) is 12.9. The van der Waals surface area contributed by atoms with E-state index in [2.05, 4.69) is 22.8 Å². The van der Waals surface area contributed by atoms with Gasteiger partial charge in [0.05, 0.1) is 0 Å². The number of rotatable bonds is 7. The number of hydrogen-bond acceptors (Lipinski definition) is 3. The lowest BCUT2D eigenvalue weighted by atomic mass is 10.1. The molecule has 0 unspecified atom stereocenters. The van der Waals surface area contributed by atoms with Crippen molar-refractivity contribution in [1.82, 2.24) is 5.32 Å². The SMILES string of the molecule is O=C(CCSc1ccc(F)cc1)NCCc1csc2ccccc12. The lowest BCUT2D eigenvalue weighted by Gasteiger charge is -2.05. The Kier molecular flexibility index (Phi) is 5.88. The lowest BCUT2D eigenvalue weighted by molar-refractivity contribution is -0.120. The van der Waals surface area contributed by atoms with Gasteiger partial charge in [0.2, 0.25) is 5.91 Å². The molecule has 2 nitrogen and oxygen atoms in total. The van der Waals surface area contributed by atoms with Gasteiger partial charge in [-0.05, 0) is 53.1 Å². The number of amides is 1. The van der Waals surface area contributed by atoms with Crippen molar-refractivity contribution in [2.24, 2.45) is 0 Å². The summed E-state index contributed by atoms with van der Waals surface area (Å²) in [5.41, 5.74) is 1.29. The third-order valence-electron chi connectivity index (χ3n) is 3.69. The second-order valence-corrected chi connectivity index (χ2v) is 7.49. The largest absolute Gasteiger partial charge is 0.356 e. The summed E-state index contributed by atoms with van der Waals surface area (Å²) in [6, 6.07) is 14.7. The van der Waals surface area contributed by atoms with Gasteiger partial charge in [0.15, 0.2) is 0 Å². The van der Waals surface area contributed by atoms with E-state index in [1.165, 1.54) is 27.8 Å². The van der Waals surface area contributed by atoms with Gasteiger partial charge in [0, 0.05) is 28.3 Å². The minimum absolute atomic E-state index is 0.0594. The Bertz CT molecular complexity index is 814. The predicted octanol–water partition coefficient (Wildman–Crippen LogP) is 4.88. The molecule has 0 aliphatic carbocycles. The Balaban J connectivity index is 1.39. The Morgan fingerprint density at radius 1 is 1.12 bits per heavy atom. The standard InChI is InChI=1S/C19H18FNOS2/c20-15-5-7-16(8-6-15)23-12-10-19(22)21-11-9-14-13-24-18-4-2-1-3-17(14)18/h1-8,13H,9-12H2,(H,21,22). The van der Waals surface area contributed by atoms with E-state index in [-0.39, 0.29) is 11.7 Å². The summed E-state index contributed by atoms with van der Waals surface area (Å²) in [5, 5.41) is 6.42. The molecule has 24 heavy (non-hydrogen) atoms. The summed E-state index contributed by atoms with van der Waals surface area (Å²) in [6.07, 6.45) is 1.31. The summed E-state index contributed by atoms with van der Waals surface area (Å²) < 4.78 is 14.1. The molecule has 0 atom stereocenters. The van der Waals surface area contributed by atoms with E-state index in [1.807, 2.05) is 12.1 Å². The Hall–Kier alpha value is -1.85. The molecule has 2 aromatic carbocycles. The quantitative estimate of drug-likeness (QED) is 0.609. The molecule has 0 fully saturated rings. The van der Waals surface area contributed by atoms with Crippen LogP contribution in [0.2, 0.25) is 0 Å². The maximum absolute atomic E-state index is 12.8. The number of hydrogen-bond donors (Lipinski definition) is 1. The van der Waals surface area contributed by atoms with Crippen molar-refractivity contribution in [3.63, 3.8) is 0 Å². The molecule has 3 aromatic rings. The number of carbonyl (C=O) groups is 1. The second-order valence-electron chi connectivity index (χ2n) is 5.41. The first kappa shape index (κ1) is 17.0. The van der Waals surface area contributed by atoms with Crippen molar-refractivity contribution in [3.8, 4) is 0 Å². The molecule has 0 aliphatic rings. The zero-order valence-corrected chi connectivity index (χ0v) is 14.8. The number of thioether (sulfide) groups is 1. The van der Waals surface area contributed by atoms with E-state index in [0.717, 1.165) is 11.3 Å². The number of carbonyl (C=O) groups excluding carboxylic acids is 1. The van der Waals surface area contributed by atoms with Gasteiger partial charge in [-0.2, -0.15) is 0 Å². The Morgan fingerprint density at radius 3 is 2.75 bits per heavy atom. The third-order valence-corrected chi connectivity index (χ3v) is 5.72. The van der Waals surface area contributed by atoms with Crippen LogP contribution in [-0.2, 0) is 11.2 Å². The lowest BCUT2D eigenvalue weighted by Crippen LogP contribution is -2.25. The van der Waals surface area contributed by atoms with Crippen molar-refractivity contribution in [3.05, 3.63) is 65.3 Å². The van der Waals surface area contributed by atoms with Crippen LogP contribution in [0.3, 0.4) is 0 Å². The van der Waals surface area contributed by atoms with Crippen LogP contribution in [0.25, 0.3) is 10.1 Å². The highest BCUT2D eigenvalue weighted by molar-refractivity contribution is 7.99. The fraction of sp³-hybridized carbons (Fsp3) is 0.211. The minimum atomic E-state index is -0.238. The fourth-order valence-corrected chi connectivity index (χ4v) is 4.29. The van der Waals surface area contributed by atoms with E-state index in [0.29, 0.717) is 18.7 Å². The van der Waals surface area contributed by atoms with Crippen LogP contribution in [0.15, 0.2) is 58.8 Å². The zero-order chi connectivity index (χ0) is 16.8. The van der Waals surface area contributed by atoms with Gasteiger partial charge in [0.1, 0.15) is 5.82 Å². The summed E-state index contributed by atoms with van der Waals surface area (Å²) in [5.74, 6) is 0.515. The highest BCUT2D eigenvalue weighted by Gasteiger charge is 2.05. The van der Waals surface area contributed by atoms with Crippen molar-refractivity contribution >= 4 is 39.1 Å². The van der Waals surface area contributed by atoms with Crippen LogP contribution in [0.5, 0.6) is 0 Å². The first-order valence-electron chi connectivity index (χ1n) is 7.82. The monoisotopic (exact) mass is 359 g/mol. The van der Waals surface area contributed by atoms with E-state index in [4.69, 9.17) is 0 Å². The molecule has 1 heterocycles. The summed E-state index contributed by atoms with van der Waals surface area (Å²) in [6.45, 7) is 0.654. The smallest absolute Gasteiger partial charge is 0.220 e. The number of thiophene rings is 1. The molecule has 0 saturated carbocycles. The summed E-state index contributed by atoms with van der Waals surface area (Å²) >= 11 is 3.31. The number of halogens is 1. The van der Waals surface area contributed by atoms with Crippen LogP contribution in [0, 0.1) is 5.82 Å². The van der Waals surface area contributed by atoms with E-state index < -0.39 is 0 Å². The Labute approximate surface area is 149 Å². The van der Waals surface area contributed by atoms with Gasteiger partial charge in [-0.3, -0.25) is 4.79 Å². The minimum Gasteiger partial charge on any atom is -0.356 e. The maximum atomic E-state index is 12.8. The van der Waals surface area contributed by atoms with Gasteiger partial charge in [-0.15, -0.1) is 23.1 Å². The molecule has 5 heteroatoms. The Morgan fingerprint density at radius 2 is 1.92 bits per heavy atom. The molecule has 3 rings (SSSR count). The zero-order valence-electron chi connectivity index (χ0n) is 13.1. The average molecular weight is 359 g/mol. The number of benzene rings is 2.